The highest BCUT2D eigenvalue weighted by Gasteiger charge is 2.17. The number of hydrogen-bond acceptors (Lipinski definition) is 6. The van der Waals surface area contributed by atoms with Crippen molar-refractivity contribution in [3.05, 3.63) is 46.8 Å². The van der Waals surface area contributed by atoms with E-state index in [-0.39, 0.29) is 17.2 Å². The molecule has 0 bridgehead atoms. The summed E-state index contributed by atoms with van der Waals surface area (Å²) in [7, 11) is -3.33. The van der Waals surface area contributed by atoms with Crippen molar-refractivity contribution in [1.82, 2.24) is 4.57 Å². The number of carbonyl (C=O) groups is 1. The highest BCUT2D eigenvalue weighted by molar-refractivity contribution is 7.91. The van der Waals surface area contributed by atoms with E-state index in [4.69, 9.17) is 15.9 Å². The van der Waals surface area contributed by atoms with Crippen LogP contribution in [0.15, 0.2) is 46.3 Å². The number of aromatic nitrogens is 1. The number of rotatable bonds is 4. The fourth-order valence-corrected chi connectivity index (χ4v) is 4.98. The van der Waals surface area contributed by atoms with Crippen LogP contribution >= 0.6 is 11.3 Å². The summed E-state index contributed by atoms with van der Waals surface area (Å²) < 4.78 is 37.8. The summed E-state index contributed by atoms with van der Waals surface area (Å²) in [6, 6.07) is 9.47. The van der Waals surface area contributed by atoms with Crippen LogP contribution in [-0.2, 0) is 16.4 Å². The van der Waals surface area contributed by atoms with E-state index < -0.39 is 15.7 Å². The molecule has 0 spiro atoms. The summed E-state index contributed by atoms with van der Waals surface area (Å²) in [4.78, 5) is 17.6. The van der Waals surface area contributed by atoms with Gasteiger partial charge in [-0.05, 0) is 24.3 Å². The average molecular weight is 443 g/mol. The van der Waals surface area contributed by atoms with Gasteiger partial charge in [0, 0.05) is 17.7 Å². The van der Waals surface area contributed by atoms with Gasteiger partial charge in [-0.3, -0.25) is 4.79 Å². The lowest BCUT2D eigenvalue weighted by Crippen LogP contribution is -2.17. The Morgan fingerprint density at radius 1 is 1.20 bits per heavy atom. The van der Waals surface area contributed by atoms with Crippen molar-refractivity contribution in [2.75, 3.05) is 19.0 Å². The Bertz CT molecular complexity index is 1340. The fourth-order valence-electron chi connectivity index (χ4n) is 3.06. The fraction of sp³-hybridized carbons (Fsp3) is 0.238. The van der Waals surface area contributed by atoms with Crippen molar-refractivity contribution < 1.29 is 22.7 Å². The largest absolute Gasteiger partial charge is 0.486 e. The third-order valence-corrected chi connectivity index (χ3v) is 7.43. The number of sulfone groups is 1. The summed E-state index contributed by atoms with van der Waals surface area (Å²) in [6.07, 6.45) is 5.52. The summed E-state index contributed by atoms with van der Waals surface area (Å²) in [5.74, 6) is 3.37. The standard InChI is InChI=1S/C21H18N2O5S2/c1-3-9-23-16-12-17-18(28-11-10-27-17)13-19(16)29-21(23)22-20(24)14-5-7-15(8-6-14)30(25,26)4-2/h1,5-8,12-13H,4,9-11H2,2H3. The summed E-state index contributed by atoms with van der Waals surface area (Å²) in [5.41, 5.74) is 1.10. The molecule has 3 aromatic rings. The number of benzene rings is 2. The molecule has 0 unspecified atom stereocenters. The van der Waals surface area contributed by atoms with Gasteiger partial charge in [0.1, 0.15) is 13.2 Å². The number of carbonyl (C=O) groups excluding carboxylic acids is 1. The number of nitrogens with zero attached hydrogens (tertiary/aromatic N) is 2. The van der Waals surface area contributed by atoms with Crippen LogP contribution in [0.5, 0.6) is 11.5 Å². The van der Waals surface area contributed by atoms with Crippen LogP contribution in [0.25, 0.3) is 10.2 Å². The zero-order chi connectivity index (χ0) is 21.3. The van der Waals surface area contributed by atoms with Gasteiger partial charge in [-0.25, -0.2) is 8.42 Å². The molecule has 30 heavy (non-hydrogen) atoms. The topological polar surface area (TPSA) is 87.0 Å². The van der Waals surface area contributed by atoms with E-state index in [0.29, 0.717) is 35.1 Å². The van der Waals surface area contributed by atoms with Gasteiger partial charge in [-0.1, -0.05) is 24.2 Å². The minimum Gasteiger partial charge on any atom is -0.486 e. The molecule has 9 heteroatoms. The predicted molar refractivity (Wildman–Crippen MR) is 114 cm³/mol. The number of ether oxygens (including phenoxy) is 2. The van der Waals surface area contributed by atoms with E-state index in [0.717, 1.165) is 10.2 Å². The van der Waals surface area contributed by atoms with Crippen LogP contribution in [0, 0.1) is 12.3 Å². The average Bonchev–Trinajstić information content (AvgIpc) is 3.08. The van der Waals surface area contributed by atoms with Crippen LogP contribution in [0.4, 0.5) is 0 Å². The molecule has 0 saturated heterocycles. The van der Waals surface area contributed by atoms with Crippen LogP contribution < -0.4 is 14.3 Å². The van der Waals surface area contributed by atoms with Gasteiger partial charge in [0.25, 0.3) is 5.91 Å². The van der Waals surface area contributed by atoms with Crippen LogP contribution in [0.2, 0.25) is 0 Å². The van der Waals surface area contributed by atoms with Gasteiger partial charge in [0.2, 0.25) is 0 Å². The summed E-state index contributed by atoms with van der Waals surface area (Å²) in [6.45, 7) is 2.76. The van der Waals surface area contributed by atoms with Crippen molar-refractivity contribution in [1.29, 1.82) is 0 Å². The summed E-state index contributed by atoms with van der Waals surface area (Å²) in [5, 5.41) is 0. The Balaban J connectivity index is 1.77. The Morgan fingerprint density at radius 2 is 1.87 bits per heavy atom. The highest BCUT2D eigenvalue weighted by atomic mass is 32.2. The molecule has 1 aliphatic rings. The molecule has 154 valence electrons. The van der Waals surface area contributed by atoms with Crippen molar-refractivity contribution in [2.24, 2.45) is 4.99 Å². The lowest BCUT2D eigenvalue weighted by atomic mass is 10.2. The highest BCUT2D eigenvalue weighted by Crippen LogP contribution is 2.35. The zero-order valence-electron chi connectivity index (χ0n) is 16.1. The van der Waals surface area contributed by atoms with Crippen molar-refractivity contribution in [2.45, 2.75) is 18.4 Å². The normalized spacial score (nSPS) is 13.9. The molecule has 0 aliphatic carbocycles. The van der Waals surface area contributed by atoms with Crippen LogP contribution in [-0.4, -0.2) is 37.9 Å². The maximum atomic E-state index is 12.7. The maximum absolute atomic E-state index is 12.7. The third kappa shape index (κ3) is 3.72. The second-order valence-electron chi connectivity index (χ2n) is 6.48. The lowest BCUT2D eigenvalue weighted by Gasteiger charge is -2.18. The molecule has 0 saturated carbocycles. The number of amides is 1. The molecule has 0 N–H and O–H groups in total. The van der Waals surface area contributed by atoms with E-state index in [1.165, 1.54) is 35.6 Å². The molecule has 1 amide bonds. The van der Waals surface area contributed by atoms with Gasteiger partial charge in [-0.15, -0.1) is 6.42 Å². The molecule has 1 aliphatic heterocycles. The molecular weight excluding hydrogens is 424 g/mol. The van der Waals surface area contributed by atoms with Crippen molar-refractivity contribution in [3.8, 4) is 23.8 Å². The first kappa shape index (κ1) is 20.2. The van der Waals surface area contributed by atoms with Crippen LogP contribution in [0.1, 0.15) is 17.3 Å². The first-order valence-electron chi connectivity index (χ1n) is 9.21. The van der Waals surface area contributed by atoms with E-state index >= 15 is 0 Å². The van der Waals surface area contributed by atoms with E-state index in [9.17, 15) is 13.2 Å². The Hall–Kier alpha value is -3.09. The minimum absolute atomic E-state index is 0.00402. The van der Waals surface area contributed by atoms with Crippen LogP contribution in [0.3, 0.4) is 0 Å². The smallest absolute Gasteiger partial charge is 0.279 e. The van der Waals surface area contributed by atoms with Crippen molar-refractivity contribution >= 4 is 37.3 Å². The molecule has 4 rings (SSSR count). The molecule has 2 aromatic carbocycles. The SMILES string of the molecule is C#CCn1c(=NC(=O)c2ccc(S(=O)(=O)CC)cc2)sc2cc3c(cc21)OCCO3. The first-order chi connectivity index (χ1) is 14.4. The first-order valence-corrected chi connectivity index (χ1v) is 11.7. The molecule has 7 nitrogen and oxygen atoms in total. The van der Waals surface area contributed by atoms with Gasteiger partial charge >= 0.3 is 0 Å². The van der Waals surface area contributed by atoms with E-state index in [2.05, 4.69) is 10.9 Å². The zero-order valence-corrected chi connectivity index (χ0v) is 17.8. The second kappa shape index (κ2) is 7.97. The monoisotopic (exact) mass is 442 g/mol. The third-order valence-electron chi connectivity index (χ3n) is 4.63. The number of fused-ring (bicyclic) bond motifs is 2. The van der Waals surface area contributed by atoms with Gasteiger partial charge in [0.05, 0.1) is 27.4 Å². The van der Waals surface area contributed by atoms with Gasteiger partial charge < -0.3 is 14.0 Å². The second-order valence-corrected chi connectivity index (χ2v) is 9.77. The molecule has 0 radical (unpaired) electrons. The molecule has 0 atom stereocenters. The van der Waals surface area contributed by atoms with Gasteiger partial charge in [0.15, 0.2) is 26.1 Å². The predicted octanol–water partition coefficient (Wildman–Crippen LogP) is 2.64. The van der Waals surface area contributed by atoms with E-state index in [1.807, 2.05) is 12.1 Å². The number of terminal acetylenes is 1. The quantitative estimate of drug-likeness (QED) is 0.580. The summed E-state index contributed by atoms with van der Waals surface area (Å²) >= 11 is 1.32. The molecule has 2 heterocycles. The van der Waals surface area contributed by atoms with Crippen molar-refractivity contribution in [3.63, 3.8) is 0 Å². The Kier molecular flexibility index (Phi) is 5.37. The number of hydrogen-bond donors (Lipinski definition) is 0. The maximum Gasteiger partial charge on any atom is 0.279 e. The van der Waals surface area contributed by atoms with Gasteiger partial charge in [-0.2, -0.15) is 4.99 Å². The Morgan fingerprint density at radius 3 is 2.50 bits per heavy atom. The molecule has 0 fully saturated rings. The molecule has 1 aromatic heterocycles. The number of thiazole rings is 1. The van der Waals surface area contributed by atoms with E-state index in [1.54, 1.807) is 11.5 Å². The minimum atomic E-state index is -3.33. The Labute approximate surface area is 177 Å². The lowest BCUT2D eigenvalue weighted by molar-refractivity contribution is 0.0998. The molecular formula is C21H18N2O5S2.